The summed E-state index contributed by atoms with van der Waals surface area (Å²) in [7, 11) is 0. The lowest BCUT2D eigenvalue weighted by molar-refractivity contribution is 0.622. The molecule has 0 N–H and O–H groups in total. The number of para-hydroxylation sites is 1. The SMILES string of the molecule is CCN(Cc1ccc(F)c(C#N)c1)c1ccccc1. The zero-order chi connectivity index (χ0) is 13.7. The number of nitrogens with zero attached hydrogens (tertiary/aromatic N) is 2. The van der Waals surface area contributed by atoms with Crippen LogP contribution < -0.4 is 4.90 Å². The van der Waals surface area contributed by atoms with Gasteiger partial charge in [0.1, 0.15) is 11.9 Å². The molecule has 96 valence electrons. The zero-order valence-corrected chi connectivity index (χ0v) is 10.8. The monoisotopic (exact) mass is 254 g/mol. The van der Waals surface area contributed by atoms with Gasteiger partial charge in [0, 0.05) is 18.8 Å². The fourth-order valence-electron chi connectivity index (χ4n) is 2.00. The normalized spacial score (nSPS) is 9.95. The third-order valence-corrected chi connectivity index (χ3v) is 3.03. The molecular weight excluding hydrogens is 239 g/mol. The Morgan fingerprint density at radius 1 is 1.16 bits per heavy atom. The average molecular weight is 254 g/mol. The van der Waals surface area contributed by atoms with Crippen molar-refractivity contribution in [3.8, 4) is 6.07 Å². The summed E-state index contributed by atoms with van der Waals surface area (Å²) in [5.41, 5.74) is 2.15. The van der Waals surface area contributed by atoms with Gasteiger partial charge in [0.15, 0.2) is 0 Å². The Morgan fingerprint density at radius 2 is 1.89 bits per heavy atom. The van der Waals surface area contributed by atoms with Crippen LogP contribution in [0.2, 0.25) is 0 Å². The molecule has 19 heavy (non-hydrogen) atoms. The predicted octanol–water partition coefficient (Wildman–Crippen LogP) is 3.72. The van der Waals surface area contributed by atoms with Crippen molar-refractivity contribution in [3.63, 3.8) is 0 Å². The molecule has 0 aliphatic rings. The predicted molar refractivity (Wildman–Crippen MR) is 74.3 cm³/mol. The Bertz CT molecular complexity index is 587. The smallest absolute Gasteiger partial charge is 0.140 e. The molecule has 3 heteroatoms. The van der Waals surface area contributed by atoms with Gasteiger partial charge in [-0.3, -0.25) is 0 Å². The summed E-state index contributed by atoms with van der Waals surface area (Å²) in [6.45, 7) is 3.58. The Hall–Kier alpha value is -2.34. The van der Waals surface area contributed by atoms with Gasteiger partial charge in [-0.25, -0.2) is 4.39 Å². The second-order valence-corrected chi connectivity index (χ2v) is 4.28. The van der Waals surface area contributed by atoms with Gasteiger partial charge in [0.25, 0.3) is 0 Å². The molecule has 0 bridgehead atoms. The lowest BCUT2D eigenvalue weighted by atomic mass is 10.1. The van der Waals surface area contributed by atoms with E-state index in [9.17, 15) is 4.39 Å². The number of hydrogen-bond donors (Lipinski definition) is 0. The first-order valence-electron chi connectivity index (χ1n) is 6.23. The van der Waals surface area contributed by atoms with E-state index in [1.165, 1.54) is 6.07 Å². The first-order valence-corrected chi connectivity index (χ1v) is 6.23. The van der Waals surface area contributed by atoms with Gasteiger partial charge in [-0.2, -0.15) is 5.26 Å². The molecule has 0 unspecified atom stereocenters. The first-order chi connectivity index (χ1) is 9.24. The lowest BCUT2D eigenvalue weighted by Crippen LogP contribution is -2.21. The van der Waals surface area contributed by atoms with Gasteiger partial charge in [-0.05, 0) is 36.8 Å². The van der Waals surface area contributed by atoms with Gasteiger partial charge in [-0.1, -0.05) is 24.3 Å². The van der Waals surface area contributed by atoms with Crippen LogP contribution in [-0.2, 0) is 6.54 Å². The van der Waals surface area contributed by atoms with Crippen LogP contribution in [0, 0.1) is 17.1 Å². The van der Waals surface area contributed by atoms with Crippen molar-refractivity contribution in [1.29, 1.82) is 5.26 Å². The molecule has 0 aliphatic heterocycles. The van der Waals surface area contributed by atoms with E-state index in [0.29, 0.717) is 6.54 Å². The number of hydrogen-bond acceptors (Lipinski definition) is 2. The highest BCUT2D eigenvalue weighted by atomic mass is 19.1. The minimum Gasteiger partial charge on any atom is -0.367 e. The minimum absolute atomic E-state index is 0.0987. The Kier molecular flexibility index (Phi) is 4.15. The maximum Gasteiger partial charge on any atom is 0.140 e. The summed E-state index contributed by atoms with van der Waals surface area (Å²) < 4.78 is 13.3. The van der Waals surface area contributed by atoms with Crippen LogP contribution in [0.3, 0.4) is 0 Å². The Balaban J connectivity index is 2.22. The Labute approximate surface area is 112 Å². The molecule has 0 aliphatic carbocycles. The molecule has 0 heterocycles. The van der Waals surface area contributed by atoms with E-state index in [2.05, 4.69) is 11.8 Å². The molecule has 2 nitrogen and oxygen atoms in total. The molecule has 2 aromatic rings. The van der Waals surface area contributed by atoms with Gasteiger partial charge in [0.05, 0.1) is 5.56 Å². The maximum absolute atomic E-state index is 13.3. The van der Waals surface area contributed by atoms with Crippen molar-refractivity contribution in [2.75, 3.05) is 11.4 Å². The molecule has 0 spiro atoms. The van der Waals surface area contributed by atoms with E-state index >= 15 is 0 Å². The maximum atomic E-state index is 13.3. The van der Waals surface area contributed by atoms with Crippen molar-refractivity contribution in [2.45, 2.75) is 13.5 Å². The van der Waals surface area contributed by atoms with Crippen LogP contribution in [0.25, 0.3) is 0 Å². The highest BCUT2D eigenvalue weighted by Gasteiger charge is 2.07. The van der Waals surface area contributed by atoms with Gasteiger partial charge >= 0.3 is 0 Å². The minimum atomic E-state index is -0.464. The van der Waals surface area contributed by atoms with Crippen LogP contribution in [0.4, 0.5) is 10.1 Å². The lowest BCUT2D eigenvalue weighted by Gasteiger charge is -2.23. The van der Waals surface area contributed by atoms with E-state index in [4.69, 9.17) is 5.26 Å². The van der Waals surface area contributed by atoms with Crippen molar-refractivity contribution in [1.82, 2.24) is 0 Å². The molecule has 0 fully saturated rings. The summed E-state index contributed by atoms with van der Waals surface area (Å²) in [5.74, 6) is -0.464. The largest absolute Gasteiger partial charge is 0.367 e. The van der Waals surface area contributed by atoms with Crippen LogP contribution in [-0.4, -0.2) is 6.54 Å². The molecule has 2 aromatic carbocycles. The zero-order valence-electron chi connectivity index (χ0n) is 10.8. The molecule has 2 rings (SSSR count). The molecule has 0 saturated heterocycles. The molecule has 0 amide bonds. The Morgan fingerprint density at radius 3 is 2.53 bits per heavy atom. The second-order valence-electron chi connectivity index (χ2n) is 4.28. The average Bonchev–Trinajstić information content (AvgIpc) is 2.47. The van der Waals surface area contributed by atoms with E-state index in [-0.39, 0.29) is 5.56 Å². The van der Waals surface area contributed by atoms with Crippen molar-refractivity contribution in [3.05, 3.63) is 65.5 Å². The molecule has 0 saturated carbocycles. The summed E-state index contributed by atoms with van der Waals surface area (Å²) >= 11 is 0. The summed E-state index contributed by atoms with van der Waals surface area (Å²) in [6.07, 6.45) is 0. The number of anilines is 1. The van der Waals surface area contributed by atoms with E-state index < -0.39 is 5.82 Å². The fraction of sp³-hybridized carbons (Fsp3) is 0.188. The van der Waals surface area contributed by atoms with E-state index in [0.717, 1.165) is 17.8 Å². The molecule has 0 atom stereocenters. The van der Waals surface area contributed by atoms with Crippen LogP contribution in [0.15, 0.2) is 48.5 Å². The van der Waals surface area contributed by atoms with Crippen molar-refractivity contribution < 1.29 is 4.39 Å². The van der Waals surface area contributed by atoms with Gasteiger partial charge < -0.3 is 4.90 Å². The van der Waals surface area contributed by atoms with Crippen LogP contribution >= 0.6 is 0 Å². The van der Waals surface area contributed by atoms with Gasteiger partial charge in [-0.15, -0.1) is 0 Å². The topological polar surface area (TPSA) is 27.0 Å². The highest BCUT2D eigenvalue weighted by Crippen LogP contribution is 2.18. The number of benzene rings is 2. The van der Waals surface area contributed by atoms with E-state index in [1.54, 1.807) is 12.1 Å². The van der Waals surface area contributed by atoms with Gasteiger partial charge in [0.2, 0.25) is 0 Å². The number of nitriles is 1. The summed E-state index contributed by atoms with van der Waals surface area (Å²) in [4.78, 5) is 2.17. The standard InChI is InChI=1S/C16H15FN2/c1-2-19(15-6-4-3-5-7-15)12-13-8-9-16(17)14(10-13)11-18/h3-10H,2,12H2,1H3. The molecule has 0 radical (unpaired) electrons. The second kappa shape index (κ2) is 6.01. The third-order valence-electron chi connectivity index (χ3n) is 3.03. The first kappa shape index (κ1) is 13.1. The quantitative estimate of drug-likeness (QED) is 0.831. The highest BCUT2D eigenvalue weighted by molar-refractivity contribution is 5.47. The van der Waals surface area contributed by atoms with Crippen molar-refractivity contribution >= 4 is 5.69 Å². The third kappa shape index (κ3) is 3.11. The molecule has 0 aromatic heterocycles. The van der Waals surface area contributed by atoms with Crippen LogP contribution in [0.1, 0.15) is 18.1 Å². The van der Waals surface area contributed by atoms with E-state index in [1.807, 2.05) is 36.4 Å². The van der Waals surface area contributed by atoms with Crippen molar-refractivity contribution in [2.24, 2.45) is 0 Å². The number of rotatable bonds is 4. The fourth-order valence-corrected chi connectivity index (χ4v) is 2.00. The molecular formula is C16H15FN2. The number of halogens is 1. The summed E-state index contributed by atoms with van der Waals surface area (Å²) in [6, 6.07) is 16.6. The van der Waals surface area contributed by atoms with Crippen LogP contribution in [0.5, 0.6) is 0 Å². The summed E-state index contributed by atoms with van der Waals surface area (Å²) in [5, 5.41) is 8.85.